The summed E-state index contributed by atoms with van der Waals surface area (Å²) in [6.45, 7) is 0. The molecular formula is C14H11ClF4N2. The van der Waals surface area contributed by atoms with Gasteiger partial charge in [0.05, 0.1) is 16.6 Å². The lowest BCUT2D eigenvalue weighted by atomic mass is 9.96. The standard InChI is InChI=1S/C14H11ClF4N2/c1-20-13(8-2-3-12(16)11(15)6-8)9-7-21-5-4-10(9)14(17,18)19/h2-7,13,20H,1H3. The van der Waals surface area contributed by atoms with Gasteiger partial charge in [-0.25, -0.2) is 4.39 Å². The normalized spacial score (nSPS) is 13.2. The Morgan fingerprint density at radius 1 is 1.24 bits per heavy atom. The van der Waals surface area contributed by atoms with Gasteiger partial charge >= 0.3 is 6.18 Å². The van der Waals surface area contributed by atoms with E-state index in [1.165, 1.54) is 19.2 Å². The van der Waals surface area contributed by atoms with E-state index >= 15 is 0 Å². The van der Waals surface area contributed by atoms with Crippen LogP contribution in [0.4, 0.5) is 17.6 Å². The molecular weight excluding hydrogens is 308 g/mol. The van der Waals surface area contributed by atoms with Gasteiger partial charge in [-0.15, -0.1) is 0 Å². The maximum Gasteiger partial charge on any atom is 0.416 e. The average molecular weight is 319 g/mol. The molecule has 1 atom stereocenters. The summed E-state index contributed by atoms with van der Waals surface area (Å²) in [5.41, 5.74) is -0.421. The van der Waals surface area contributed by atoms with Gasteiger partial charge in [-0.3, -0.25) is 4.98 Å². The third-order valence-electron chi connectivity index (χ3n) is 3.03. The van der Waals surface area contributed by atoms with Gasteiger partial charge in [0, 0.05) is 18.0 Å². The number of hydrogen-bond acceptors (Lipinski definition) is 2. The maximum absolute atomic E-state index is 13.2. The predicted molar refractivity (Wildman–Crippen MR) is 71.6 cm³/mol. The molecule has 0 amide bonds. The number of nitrogens with zero attached hydrogens (tertiary/aromatic N) is 1. The van der Waals surface area contributed by atoms with Crippen molar-refractivity contribution >= 4 is 11.6 Å². The zero-order valence-corrected chi connectivity index (χ0v) is 11.6. The number of halogens is 5. The fourth-order valence-electron chi connectivity index (χ4n) is 2.09. The summed E-state index contributed by atoms with van der Waals surface area (Å²) in [6, 6.07) is 3.91. The molecule has 112 valence electrons. The number of nitrogens with one attached hydrogen (secondary N) is 1. The van der Waals surface area contributed by atoms with Gasteiger partial charge in [0.25, 0.3) is 0 Å². The number of hydrogen-bond donors (Lipinski definition) is 1. The van der Waals surface area contributed by atoms with E-state index < -0.39 is 23.6 Å². The summed E-state index contributed by atoms with van der Waals surface area (Å²) in [7, 11) is 1.51. The predicted octanol–water partition coefficient (Wildman–Crippen LogP) is 4.20. The number of pyridine rings is 1. The van der Waals surface area contributed by atoms with Gasteiger partial charge in [0.15, 0.2) is 0 Å². The number of benzene rings is 1. The van der Waals surface area contributed by atoms with Gasteiger partial charge in [-0.1, -0.05) is 17.7 Å². The van der Waals surface area contributed by atoms with Crippen LogP contribution < -0.4 is 5.32 Å². The van der Waals surface area contributed by atoms with E-state index in [1.807, 2.05) is 0 Å². The third kappa shape index (κ3) is 3.33. The Bertz CT molecular complexity index is 643. The molecule has 1 unspecified atom stereocenters. The second-order valence-electron chi connectivity index (χ2n) is 4.36. The van der Waals surface area contributed by atoms with Crippen LogP contribution in [-0.4, -0.2) is 12.0 Å². The van der Waals surface area contributed by atoms with Gasteiger partial charge < -0.3 is 5.32 Å². The van der Waals surface area contributed by atoms with Crippen molar-refractivity contribution in [2.75, 3.05) is 7.05 Å². The largest absolute Gasteiger partial charge is 0.416 e. The Morgan fingerprint density at radius 3 is 2.52 bits per heavy atom. The van der Waals surface area contributed by atoms with Crippen molar-refractivity contribution in [1.29, 1.82) is 0 Å². The molecule has 2 aromatic rings. The molecule has 21 heavy (non-hydrogen) atoms. The molecule has 0 saturated carbocycles. The summed E-state index contributed by atoms with van der Waals surface area (Å²) >= 11 is 5.69. The van der Waals surface area contributed by atoms with Crippen LogP contribution >= 0.6 is 11.6 Å². The minimum Gasteiger partial charge on any atom is -0.309 e. The molecule has 1 aromatic heterocycles. The van der Waals surface area contributed by atoms with Crippen molar-refractivity contribution in [2.24, 2.45) is 0 Å². The first-order chi connectivity index (χ1) is 9.84. The number of rotatable bonds is 3. The van der Waals surface area contributed by atoms with Crippen LogP contribution in [0.3, 0.4) is 0 Å². The molecule has 0 aliphatic rings. The zero-order valence-electron chi connectivity index (χ0n) is 10.9. The molecule has 1 aromatic carbocycles. The smallest absolute Gasteiger partial charge is 0.309 e. The molecule has 0 aliphatic heterocycles. The molecule has 1 N–H and O–H groups in total. The van der Waals surface area contributed by atoms with Crippen molar-refractivity contribution < 1.29 is 17.6 Å². The van der Waals surface area contributed by atoms with Gasteiger partial charge in [-0.2, -0.15) is 13.2 Å². The minimum absolute atomic E-state index is 0.0461. The van der Waals surface area contributed by atoms with Crippen LogP contribution in [0.2, 0.25) is 5.02 Å². The highest BCUT2D eigenvalue weighted by Crippen LogP contribution is 2.36. The summed E-state index contributed by atoms with van der Waals surface area (Å²) in [5.74, 6) is -0.627. The lowest BCUT2D eigenvalue weighted by Gasteiger charge is -2.21. The van der Waals surface area contributed by atoms with Crippen LogP contribution in [0.25, 0.3) is 0 Å². The van der Waals surface area contributed by atoms with Crippen LogP contribution in [0.5, 0.6) is 0 Å². The second kappa shape index (κ2) is 5.99. The van der Waals surface area contributed by atoms with Crippen LogP contribution in [0.1, 0.15) is 22.7 Å². The molecule has 0 aliphatic carbocycles. The van der Waals surface area contributed by atoms with E-state index in [9.17, 15) is 17.6 Å². The SMILES string of the molecule is CNC(c1ccc(F)c(Cl)c1)c1cnccc1C(F)(F)F. The molecule has 7 heteroatoms. The van der Waals surface area contributed by atoms with Crippen LogP contribution in [0.15, 0.2) is 36.7 Å². The fourth-order valence-corrected chi connectivity index (χ4v) is 2.28. The molecule has 1 heterocycles. The average Bonchev–Trinajstić information content (AvgIpc) is 2.43. The zero-order chi connectivity index (χ0) is 15.6. The van der Waals surface area contributed by atoms with Gasteiger partial charge in [0.1, 0.15) is 5.82 Å². The third-order valence-corrected chi connectivity index (χ3v) is 3.32. The number of alkyl halides is 3. The summed E-state index contributed by atoms with van der Waals surface area (Å²) in [4.78, 5) is 3.75. The Hall–Kier alpha value is -1.66. The lowest BCUT2D eigenvalue weighted by molar-refractivity contribution is -0.138. The van der Waals surface area contributed by atoms with Crippen molar-refractivity contribution in [3.63, 3.8) is 0 Å². The van der Waals surface area contributed by atoms with Crippen LogP contribution in [0, 0.1) is 5.82 Å². The fraction of sp³-hybridized carbons (Fsp3) is 0.214. The van der Waals surface area contributed by atoms with Gasteiger partial charge in [0.2, 0.25) is 0 Å². The Labute approximate surface area is 123 Å². The highest BCUT2D eigenvalue weighted by Gasteiger charge is 2.35. The first-order valence-electron chi connectivity index (χ1n) is 5.98. The van der Waals surface area contributed by atoms with Crippen molar-refractivity contribution in [3.05, 3.63) is 64.2 Å². The minimum atomic E-state index is -4.50. The van der Waals surface area contributed by atoms with Crippen LogP contribution in [-0.2, 0) is 6.18 Å². The molecule has 0 saturated heterocycles. The Kier molecular flexibility index (Phi) is 4.49. The Balaban J connectivity index is 2.54. The van der Waals surface area contributed by atoms with E-state index in [-0.39, 0.29) is 10.6 Å². The topological polar surface area (TPSA) is 24.9 Å². The molecule has 2 nitrogen and oxygen atoms in total. The first-order valence-corrected chi connectivity index (χ1v) is 6.35. The maximum atomic E-state index is 13.2. The molecule has 0 radical (unpaired) electrons. The quantitative estimate of drug-likeness (QED) is 0.858. The number of aromatic nitrogens is 1. The highest BCUT2D eigenvalue weighted by atomic mass is 35.5. The highest BCUT2D eigenvalue weighted by molar-refractivity contribution is 6.30. The first kappa shape index (κ1) is 15.7. The molecule has 0 fully saturated rings. The lowest BCUT2D eigenvalue weighted by Crippen LogP contribution is -2.22. The van der Waals surface area contributed by atoms with Crippen molar-refractivity contribution in [3.8, 4) is 0 Å². The molecule has 0 spiro atoms. The van der Waals surface area contributed by atoms with Crippen molar-refractivity contribution in [2.45, 2.75) is 12.2 Å². The van der Waals surface area contributed by atoms with E-state index in [0.717, 1.165) is 24.5 Å². The van der Waals surface area contributed by atoms with E-state index in [0.29, 0.717) is 5.56 Å². The summed E-state index contributed by atoms with van der Waals surface area (Å²) in [6.07, 6.45) is -2.28. The molecule has 0 bridgehead atoms. The van der Waals surface area contributed by atoms with E-state index in [2.05, 4.69) is 10.3 Å². The van der Waals surface area contributed by atoms with Crippen molar-refractivity contribution in [1.82, 2.24) is 10.3 Å². The second-order valence-corrected chi connectivity index (χ2v) is 4.76. The van der Waals surface area contributed by atoms with Gasteiger partial charge in [-0.05, 0) is 30.8 Å². The molecule has 2 rings (SSSR count). The van der Waals surface area contributed by atoms with E-state index in [4.69, 9.17) is 11.6 Å². The van der Waals surface area contributed by atoms with E-state index in [1.54, 1.807) is 0 Å². The summed E-state index contributed by atoms with van der Waals surface area (Å²) < 4.78 is 52.4. The monoisotopic (exact) mass is 318 g/mol. The Morgan fingerprint density at radius 2 is 1.95 bits per heavy atom. The summed E-state index contributed by atoms with van der Waals surface area (Å²) in [5, 5.41) is 2.62.